The first-order chi connectivity index (χ1) is 10.2. The summed E-state index contributed by atoms with van der Waals surface area (Å²) in [4.78, 5) is 4.69. The standard InChI is InChI=1S/C18H19N3/c1-3-15-12(2)20-17-10-9-14(11-16(17)18(15)21-19)13-7-5-4-6-8-13/h4-11H,3,19H2,1-2H3,(H,20,21). The quantitative estimate of drug-likeness (QED) is 0.560. The van der Waals surface area contributed by atoms with Gasteiger partial charge in [-0.05, 0) is 42.2 Å². The van der Waals surface area contributed by atoms with E-state index >= 15 is 0 Å². The van der Waals surface area contributed by atoms with Gasteiger partial charge in [-0.2, -0.15) is 0 Å². The van der Waals surface area contributed by atoms with Gasteiger partial charge in [-0.25, -0.2) is 0 Å². The average molecular weight is 277 g/mol. The van der Waals surface area contributed by atoms with Gasteiger partial charge in [0.25, 0.3) is 0 Å². The molecule has 0 radical (unpaired) electrons. The highest BCUT2D eigenvalue weighted by molar-refractivity contribution is 5.96. The molecule has 0 aliphatic rings. The molecule has 3 heteroatoms. The molecule has 106 valence electrons. The van der Waals surface area contributed by atoms with Crippen molar-refractivity contribution in [3.63, 3.8) is 0 Å². The van der Waals surface area contributed by atoms with Crippen LogP contribution in [0.25, 0.3) is 22.0 Å². The summed E-state index contributed by atoms with van der Waals surface area (Å²) >= 11 is 0. The lowest BCUT2D eigenvalue weighted by Crippen LogP contribution is -2.11. The maximum Gasteiger partial charge on any atom is 0.0727 e. The van der Waals surface area contributed by atoms with Crippen molar-refractivity contribution in [3.8, 4) is 11.1 Å². The Kier molecular flexibility index (Phi) is 3.59. The van der Waals surface area contributed by atoms with Gasteiger partial charge in [0.1, 0.15) is 0 Å². The average Bonchev–Trinajstić information content (AvgIpc) is 2.54. The van der Waals surface area contributed by atoms with Crippen LogP contribution in [0.15, 0.2) is 48.5 Å². The number of fused-ring (bicyclic) bond motifs is 1. The van der Waals surface area contributed by atoms with Crippen LogP contribution in [0.5, 0.6) is 0 Å². The van der Waals surface area contributed by atoms with E-state index in [9.17, 15) is 0 Å². The van der Waals surface area contributed by atoms with Crippen molar-refractivity contribution in [1.29, 1.82) is 0 Å². The summed E-state index contributed by atoms with van der Waals surface area (Å²) in [6.45, 7) is 4.15. The number of benzene rings is 2. The monoisotopic (exact) mass is 277 g/mol. The van der Waals surface area contributed by atoms with Gasteiger partial charge in [0.05, 0.1) is 11.2 Å². The summed E-state index contributed by atoms with van der Waals surface area (Å²) < 4.78 is 0. The Bertz CT molecular complexity index is 779. The Morgan fingerprint density at radius 1 is 1.05 bits per heavy atom. The van der Waals surface area contributed by atoms with Crippen LogP contribution in [0.4, 0.5) is 5.69 Å². The van der Waals surface area contributed by atoms with Crippen LogP contribution < -0.4 is 11.3 Å². The molecule has 3 aromatic rings. The van der Waals surface area contributed by atoms with Crippen molar-refractivity contribution in [3.05, 3.63) is 59.8 Å². The summed E-state index contributed by atoms with van der Waals surface area (Å²) in [5.74, 6) is 5.77. The zero-order valence-electron chi connectivity index (χ0n) is 12.4. The minimum atomic E-state index is 0.907. The highest BCUT2D eigenvalue weighted by Crippen LogP contribution is 2.31. The summed E-state index contributed by atoms with van der Waals surface area (Å²) in [6.07, 6.45) is 0.907. The van der Waals surface area contributed by atoms with Crippen LogP contribution in [-0.4, -0.2) is 4.98 Å². The molecule has 1 heterocycles. The Hall–Kier alpha value is -2.39. The summed E-state index contributed by atoms with van der Waals surface area (Å²) in [6, 6.07) is 16.7. The maximum atomic E-state index is 5.77. The van der Waals surface area contributed by atoms with Gasteiger partial charge < -0.3 is 5.43 Å². The SMILES string of the molecule is CCc1c(C)nc2ccc(-c3ccccc3)cc2c1NN. The van der Waals surface area contributed by atoms with Crippen molar-refractivity contribution in [2.45, 2.75) is 20.3 Å². The van der Waals surface area contributed by atoms with E-state index in [1.165, 1.54) is 16.7 Å². The third-order valence-electron chi connectivity index (χ3n) is 3.90. The predicted octanol–water partition coefficient (Wildman–Crippen LogP) is 4.06. The van der Waals surface area contributed by atoms with Gasteiger partial charge in [0.2, 0.25) is 0 Å². The lowest BCUT2D eigenvalue weighted by atomic mass is 9.99. The topological polar surface area (TPSA) is 50.9 Å². The molecule has 0 aliphatic heterocycles. The smallest absolute Gasteiger partial charge is 0.0727 e. The van der Waals surface area contributed by atoms with Crippen LogP contribution >= 0.6 is 0 Å². The van der Waals surface area contributed by atoms with E-state index in [4.69, 9.17) is 10.8 Å². The molecular formula is C18H19N3. The van der Waals surface area contributed by atoms with Gasteiger partial charge in [0, 0.05) is 11.1 Å². The van der Waals surface area contributed by atoms with E-state index in [-0.39, 0.29) is 0 Å². The molecule has 2 aromatic carbocycles. The van der Waals surface area contributed by atoms with Gasteiger partial charge in [-0.15, -0.1) is 0 Å². The van der Waals surface area contributed by atoms with Gasteiger partial charge >= 0.3 is 0 Å². The fraction of sp³-hybridized carbons (Fsp3) is 0.167. The fourth-order valence-electron chi connectivity index (χ4n) is 2.83. The van der Waals surface area contributed by atoms with E-state index in [1.807, 2.05) is 25.1 Å². The van der Waals surface area contributed by atoms with Crippen molar-refractivity contribution in [2.75, 3.05) is 5.43 Å². The molecule has 0 atom stereocenters. The van der Waals surface area contributed by atoms with Crippen LogP contribution in [0.2, 0.25) is 0 Å². The summed E-state index contributed by atoms with van der Waals surface area (Å²) in [7, 11) is 0. The van der Waals surface area contributed by atoms with Gasteiger partial charge in [-0.3, -0.25) is 10.8 Å². The van der Waals surface area contributed by atoms with Crippen molar-refractivity contribution in [1.82, 2.24) is 4.98 Å². The number of anilines is 1. The Morgan fingerprint density at radius 2 is 1.81 bits per heavy atom. The number of hydrazine groups is 1. The Morgan fingerprint density at radius 3 is 2.48 bits per heavy atom. The fourth-order valence-corrected chi connectivity index (χ4v) is 2.83. The molecule has 0 spiro atoms. The highest BCUT2D eigenvalue weighted by atomic mass is 15.2. The molecule has 3 N–H and O–H groups in total. The van der Waals surface area contributed by atoms with E-state index in [2.05, 4.69) is 42.7 Å². The Balaban J connectivity index is 2.27. The van der Waals surface area contributed by atoms with Gasteiger partial charge in [-0.1, -0.05) is 43.3 Å². The molecule has 3 nitrogen and oxygen atoms in total. The van der Waals surface area contributed by atoms with Crippen LogP contribution in [-0.2, 0) is 6.42 Å². The minimum absolute atomic E-state index is 0.907. The molecular weight excluding hydrogens is 258 g/mol. The van der Waals surface area contributed by atoms with Gasteiger partial charge in [0.15, 0.2) is 0 Å². The van der Waals surface area contributed by atoms with Crippen LogP contribution in [0.1, 0.15) is 18.2 Å². The van der Waals surface area contributed by atoms with Crippen molar-refractivity contribution >= 4 is 16.6 Å². The van der Waals surface area contributed by atoms with Crippen molar-refractivity contribution in [2.24, 2.45) is 5.84 Å². The number of aryl methyl sites for hydroxylation is 1. The summed E-state index contributed by atoms with van der Waals surface area (Å²) in [5.41, 5.74) is 9.40. The first-order valence-electron chi connectivity index (χ1n) is 7.20. The first-order valence-corrected chi connectivity index (χ1v) is 7.20. The van der Waals surface area contributed by atoms with E-state index < -0.39 is 0 Å². The lowest BCUT2D eigenvalue weighted by molar-refractivity contribution is 1.06. The molecule has 0 unspecified atom stereocenters. The minimum Gasteiger partial charge on any atom is -0.323 e. The Labute approximate surface area is 124 Å². The second kappa shape index (κ2) is 5.54. The molecule has 0 aliphatic carbocycles. The molecule has 1 aromatic heterocycles. The third kappa shape index (κ3) is 2.36. The van der Waals surface area contributed by atoms with E-state index in [1.54, 1.807) is 0 Å². The predicted molar refractivity (Wildman–Crippen MR) is 89.1 cm³/mol. The highest BCUT2D eigenvalue weighted by Gasteiger charge is 2.11. The third-order valence-corrected chi connectivity index (χ3v) is 3.90. The molecule has 0 amide bonds. The number of hydrogen-bond acceptors (Lipinski definition) is 3. The number of hydrogen-bond donors (Lipinski definition) is 2. The van der Waals surface area contributed by atoms with Crippen LogP contribution in [0, 0.1) is 6.92 Å². The van der Waals surface area contributed by atoms with E-state index in [0.29, 0.717) is 0 Å². The zero-order chi connectivity index (χ0) is 14.8. The number of nitrogens with zero attached hydrogens (tertiary/aromatic N) is 1. The molecule has 21 heavy (non-hydrogen) atoms. The number of rotatable bonds is 3. The molecule has 0 fully saturated rings. The summed E-state index contributed by atoms with van der Waals surface area (Å²) in [5, 5.41) is 1.07. The van der Waals surface area contributed by atoms with Crippen LogP contribution in [0.3, 0.4) is 0 Å². The number of nitrogen functional groups attached to an aromatic ring is 1. The van der Waals surface area contributed by atoms with Crippen molar-refractivity contribution < 1.29 is 0 Å². The first kappa shape index (κ1) is 13.6. The second-order valence-electron chi connectivity index (χ2n) is 5.15. The lowest BCUT2D eigenvalue weighted by Gasteiger charge is -2.14. The molecule has 3 rings (SSSR count). The maximum absolute atomic E-state index is 5.77. The molecule has 0 saturated carbocycles. The molecule has 0 saturated heterocycles. The largest absolute Gasteiger partial charge is 0.323 e. The normalized spacial score (nSPS) is 10.8. The van der Waals surface area contributed by atoms with E-state index in [0.717, 1.165) is 28.7 Å². The number of nitrogens with two attached hydrogens (primary N) is 1. The zero-order valence-corrected chi connectivity index (χ0v) is 12.4. The number of nitrogens with one attached hydrogen (secondary N) is 1. The number of pyridine rings is 1. The number of aromatic nitrogens is 1. The second-order valence-corrected chi connectivity index (χ2v) is 5.15. The molecule has 0 bridgehead atoms.